The number of anilines is 2. The normalized spacial score (nSPS) is 15.3. The van der Waals surface area contributed by atoms with Crippen molar-refractivity contribution in [3.63, 3.8) is 0 Å². The van der Waals surface area contributed by atoms with Gasteiger partial charge in [-0.3, -0.25) is 24.2 Å². The third-order valence-corrected chi connectivity index (χ3v) is 6.63. The predicted molar refractivity (Wildman–Crippen MR) is 144 cm³/mol. The molecule has 1 fully saturated rings. The van der Waals surface area contributed by atoms with Gasteiger partial charge in [0.2, 0.25) is 11.8 Å². The van der Waals surface area contributed by atoms with Gasteiger partial charge in [0.15, 0.2) is 0 Å². The number of nitrogens with two attached hydrogens (primary N) is 1. The molecule has 200 valence electrons. The topological polar surface area (TPSA) is 153 Å². The van der Waals surface area contributed by atoms with Crippen molar-refractivity contribution in [2.45, 2.75) is 39.2 Å². The molecule has 3 aromatic rings. The third-order valence-electron chi connectivity index (χ3n) is 6.63. The van der Waals surface area contributed by atoms with E-state index < -0.39 is 5.91 Å². The molecule has 0 unspecified atom stereocenters. The van der Waals surface area contributed by atoms with E-state index in [2.05, 4.69) is 49.4 Å². The first-order chi connectivity index (χ1) is 18.1. The van der Waals surface area contributed by atoms with Crippen LogP contribution in [0.25, 0.3) is 16.8 Å². The fourth-order valence-corrected chi connectivity index (χ4v) is 4.40. The molecule has 0 spiro atoms. The molecule has 38 heavy (non-hydrogen) atoms. The Hall–Kier alpha value is -4.32. The van der Waals surface area contributed by atoms with E-state index in [4.69, 9.17) is 10.5 Å². The molecule has 0 aromatic carbocycles. The van der Waals surface area contributed by atoms with Crippen LogP contribution in [0.15, 0.2) is 37.1 Å². The van der Waals surface area contributed by atoms with E-state index in [0.29, 0.717) is 22.8 Å². The average molecular weight is 520 g/mol. The smallest absolute Gasteiger partial charge is 0.259 e. The summed E-state index contributed by atoms with van der Waals surface area (Å²) in [5.74, 6) is -0.528. The second-order valence-corrected chi connectivity index (χ2v) is 9.79. The number of likely N-dealkylation sites (tertiary alicyclic amines) is 1. The molecule has 1 aliphatic rings. The van der Waals surface area contributed by atoms with Crippen molar-refractivity contribution in [1.29, 1.82) is 0 Å². The lowest BCUT2D eigenvalue weighted by molar-refractivity contribution is -0.118. The zero-order chi connectivity index (χ0) is 27.4. The van der Waals surface area contributed by atoms with Crippen molar-refractivity contribution >= 4 is 28.8 Å². The maximum absolute atomic E-state index is 13.2. The molecule has 3 aromatic heterocycles. The van der Waals surface area contributed by atoms with Gasteiger partial charge in [0, 0.05) is 30.5 Å². The van der Waals surface area contributed by atoms with Gasteiger partial charge in [0.05, 0.1) is 60.6 Å². The van der Waals surface area contributed by atoms with Crippen LogP contribution < -0.4 is 21.1 Å². The summed E-state index contributed by atoms with van der Waals surface area (Å²) in [5, 5.41) is 9.83. The Balaban J connectivity index is 1.50. The lowest BCUT2D eigenvalue weighted by atomic mass is 10.0. The van der Waals surface area contributed by atoms with Gasteiger partial charge in [0.1, 0.15) is 5.69 Å². The second kappa shape index (κ2) is 11.0. The van der Waals surface area contributed by atoms with Crippen LogP contribution in [-0.4, -0.2) is 67.2 Å². The number of rotatable bonds is 8. The SMILES string of the molecule is COc1nc(-c2cnn(C)c2)cnc1/C(=C\N)C(=O)Nc1cc(NC(=O)CN2CCCC2(C)C)cnc1C. The largest absolute Gasteiger partial charge is 0.479 e. The molecule has 0 saturated carbocycles. The van der Waals surface area contributed by atoms with Gasteiger partial charge in [-0.15, -0.1) is 0 Å². The number of nitrogens with zero attached hydrogens (tertiary/aromatic N) is 6. The number of ether oxygens (including phenoxy) is 1. The van der Waals surface area contributed by atoms with Crippen molar-refractivity contribution in [3.8, 4) is 17.1 Å². The number of carbonyl (C=O) groups is 2. The molecule has 0 aliphatic carbocycles. The number of aryl methyl sites for hydroxylation is 2. The number of amides is 2. The molecular weight excluding hydrogens is 486 g/mol. The molecule has 1 aliphatic heterocycles. The van der Waals surface area contributed by atoms with Gasteiger partial charge < -0.3 is 21.1 Å². The van der Waals surface area contributed by atoms with Crippen LogP contribution in [0, 0.1) is 6.92 Å². The van der Waals surface area contributed by atoms with E-state index in [1.165, 1.54) is 13.3 Å². The standard InChI is InChI=1S/C26H33N9O3/c1-16-20(9-18(12-28-16)31-22(36)15-35-8-6-7-26(35,2)3)32-24(37)19(10-27)23-25(38-5)33-21(13-29-23)17-11-30-34(4)14-17/h9-14H,6-8,15,27H2,1-5H3,(H,31,36)(H,32,37)/b19-10+. The molecule has 4 heterocycles. The van der Waals surface area contributed by atoms with E-state index in [-0.39, 0.29) is 35.1 Å². The van der Waals surface area contributed by atoms with Crippen molar-refractivity contribution in [2.75, 3.05) is 30.8 Å². The van der Waals surface area contributed by atoms with Crippen LogP contribution in [-0.2, 0) is 16.6 Å². The quantitative estimate of drug-likeness (QED) is 0.381. The highest BCUT2D eigenvalue weighted by molar-refractivity contribution is 6.25. The molecule has 4 N–H and O–H groups in total. The van der Waals surface area contributed by atoms with Gasteiger partial charge in [-0.2, -0.15) is 5.10 Å². The number of methoxy groups -OCH3 is 1. The van der Waals surface area contributed by atoms with E-state index >= 15 is 0 Å². The first-order valence-electron chi connectivity index (χ1n) is 12.3. The number of nitrogens with one attached hydrogen (secondary N) is 2. The highest BCUT2D eigenvalue weighted by Crippen LogP contribution is 2.29. The van der Waals surface area contributed by atoms with Gasteiger partial charge in [-0.1, -0.05) is 0 Å². The van der Waals surface area contributed by atoms with E-state index in [1.54, 1.807) is 43.3 Å². The number of hydrogen-bond acceptors (Lipinski definition) is 9. The molecule has 12 heteroatoms. The summed E-state index contributed by atoms with van der Waals surface area (Å²) >= 11 is 0. The molecule has 2 amide bonds. The van der Waals surface area contributed by atoms with Gasteiger partial charge in [-0.05, 0) is 46.2 Å². The van der Waals surface area contributed by atoms with Crippen LogP contribution >= 0.6 is 0 Å². The maximum atomic E-state index is 13.2. The molecule has 4 rings (SSSR count). The first-order valence-corrected chi connectivity index (χ1v) is 12.3. The summed E-state index contributed by atoms with van der Waals surface area (Å²) in [6.45, 7) is 7.21. The fourth-order valence-electron chi connectivity index (χ4n) is 4.40. The Morgan fingerprint density at radius 2 is 2.00 bits per heavy atom. The Morgan fingerprint density at radius 1 is 1.21 bits per heavy atom. The van der Waals surface area contributed by atoms with E-state index in [1.807, 2.05) is 0 Å². The highest BCUT2D eigenvalue weighted by atomic mass is 16.5. The number of aromatic nitrogens is 5. The second-order valence-electron chi connectivity index (χ2n) is 9.79. The first kappa shape index (κ1) is 26.7. The number of carbonyl (C=O) groups excluding carboxylic acids is 2. The molecule has 1 saturated heterocycles. The third kappa shape index (κ3) is 5.80. The van der Waals surface area contributed by atoms with Gasteiger partial charge in [0.25, 0.3) is 5.91 Å². The van der Waals surface area contributed by atoms with Gasteiger partial charge in [-0.25, -0.2) is 9.97 Å². The summed E-state index contributed by atoms with van der Waals surface area (Å²) in [6.07, 6.45) is 9.81. The summed E-state index contributed by atoms with van der Waals surface area (Å²) in [4.78, 5) is 41.3. The predicted octanol–water partition coefficient (Wildman–Crippen LogP) is 2.34. The van der Waals surface area contributed by atoms with Crippen LogP contribution in [0.4, 0.5) is 11.4 Å². The van der Waals surface area contributed by atoms with E-state index in [0.717, 1.165) is 31.1 Å². The minimum Gasteiger partial charge on any atom is -0.479 e. The minimum absolute atomic E-state index is 0.00685. The van der Waals surface area contributed by atoms with Crippen molar-refractivity contribution in [2.24, 2.45) is 12.8 Å². The Bertz CT molecular complexity index is 1380. The molecule has 12 nitrogen and oxygen atoms in total. The zero-order valence-corrected chi connectivity index (χ0v) is 22.3. The minimum atomic E-state index is -0.526. The van der Waals surface area contributed by atoms with Crippen LogP contribution in [0.5, 0.6) is 5.88 Å². The fraction of sp³-hybridized carbons (Fsp3) is 0.385. The van der Waals surface area contributed by atoms with Gasteiger partial charge >= 0.3 is 0 Å². The van der Waals surface area contributed by atoms with Crippen LogP contribution in [0.3, 0.4) is 0 Å². The van der Waals surface area contributed by atoms with Crippen molar-refractivity contribution in [1.82, 2.24) is 29.6 Å². The highest BCUT2D eigenvalue weighted by Gasteiger charge is 2.33. The van der Waals surface area contributed by atoms with E-state index in [9.17, 15) is 9.59 Å². The lowest BCUT2D eigenvalue weighted by Gasteiger charge is -2.30. The Labute approximate surface area is 221 Å². The van der Waals surface area contributed by atoms with Crippen molar-refractivity contribution in [3.05, 3.63) is 48.4 Å². The summed E-state index contributed by atoms with van der Waals surface area (Å²) in [6, 6.07) is 1.66. The Morgan fingerprint density at radius 3 is 2.63 bits per heavy atom. The summed E-state index contributed by atoms with van der Waals surface area (Å²) in [5.41, 5.74) is 8.83. The molecule has 0 radical (unpaired) electrons. The maximum Gasteiger partial charge on any atom is 0.259 e. The molecule has 0 bridgehead atoms. The molecular formula is C26H33N9O3. The van der Waals surface area contributed by atoms with Crippen molar-refractivity contribution < 1.29 is 14.3 Å². The van der Waals surface area contributed by atoms with Crippen LogP contribution in [0.1, 0.15) is 38.1 Å². The summed E-state index contributed by atoms with van der Waals surface area (Å²) in [7, 11) is 3.24. The monoisotopic (exact) mass is 519 g/mol. The summed E-state index contributed by atoms with van der Waals surface area (Å²) < 4.78 is 7.06. The van der Waals surface area contributed by atoms with Crippen LogP contribution in [0.2, 0.25) is 0 Å². The molecule has 0 atom stereocenters. The lowest BCUT2D eigenvalue weighted by Crippen LogP contribution is -2.42. The average Bonchev–Trinajstić information content (AvgIpc) is 3.46. The zero-order valence-electron chi connectivity index (χ0n) is 22.3. The number of hydrogen-bond donors (Lipinski definition) is 3. The Kier molecular flexibility index (Phi) is 7.72. The number of pyridine rings is 1.